The number of hydrogen-bond donors (Lipinski definition) is 0. The van der Waals surface area contributed by atoms with Crippen LogP contribution < -0.4 is 0 Å². The van der Waals surface area contributed by atoms with Crippen LogP contribution in [0.15, 0.2) is 24.3 Å². The van der Waals surface area contributed by atoms with Crippen molar-refractivity contribution in [3.8, 4) is 5.69 Å². The molecule has 9 nitrogen and oxygen atoms in total. The topological polar surface area (TPSA) is 93.5 Å². The Morgan fingerprint density at radius 2 is 2.04 bits per heavy atom. The van der Waals surface area contributed by atoms with E-state index in [1.165, 1.54) is 0 Å². The van der Waals surface area contributed by atoms with Gasteiger partial charge in [0.05, 0.1) is 25.2 Å². The van der Waals surface area contributed by atoms with Crippen molar-refractivity contribution in [2.24, 2.45) is 0 Å². The monoisotopic (exact) mass is 370 g/mol. The minimum atomic E-state index is -0.554. The van der Waals surface area contributed by atoms with Gasteiger partial charge in [0.25, 0.3) is 0 Å². The summed E-state index contributed by atoms with van der Waals surface area (Å²) >= 11 is 0. The lowest BCUT2D eigenvalue weighted by molar-refractivity contribution is -0.136. The van der Waals surface area contributed by atoms with Crippen molar-refractivity contribution in [2.75, 3.05) is 26.7 Å². The molecule has 2 aliphatic rings. The Balaban J connectivity index is 1.42. The molecular formula is C18H22N6O3. The molecule has 2 saturated heterocycles. The molecule has 0 aliphatic carbocycles. The normalized spacial score (nSPS) is 22.4. The number of likely N-dealkylation sites (tertiary alicyclic amines) is 1. The third kappa shape index (κ3) is 3.36. The smallest absolute Gasteiger partial charge is 0.410 e. The number of ether oxygens (including phenoxy) is 1. The van der Waals surface area contributed by atoms with Crippen LogP contribution in [0.2, 0.25) is 0 Å². The molecule has 0 N–H and O–H groups in total. The summed E-state index contributed by atoms with van der Waals surface area (Å²) in [7, 11) is 1.73. The van der Waals surface area contributed by atoms with Gasteiger partial charge in [-0.2, -0.15) is 4.68 Å². The van der Waals surface area contributed by atoms with Crippen molar-refractivity contribution in [1.82, 2.24) is 30.0 Å². The van der Waals surface area contributed by atoms with Gasteiger partial charge in [-0.05, 0) is 47.9 Å². The number of tetrazole rings is 1. The molecule has 0 unspecified atom stereocenters. The first kappa shape index (κ1) is 17.4. The maximum absolute atomic E-state index is 12.8. The van der Waals surface area contributed by atoms with Crippen molar-refractivity contribution >= 4 is 12.0 Å². The average Bonchev–Trinajstić information content (AvgIpc) is 3.19. The zero-order valence-corrected chi connectivity index (χ0v) is 15.5. The highest BCUT2D eigenvalue weighted by molar-refractivity contribution is 5.79. The maximum Gasteiger partial charge on any atom is 0.410 e. The Bertz CT molecular complexity index is 864. The summed E-state index contributed by atoms with van der Waals surface area (Å²) in [5.74, 6) is 0.750. The van der Waals surface area contributed by atoms with Gasteiger partial charge in [0.1, 0.15) is 5.60 Å². The number of nitrogens with zero attached hydrogens (tertiary/aromatic N) is 6. The molecule has 9 heteroatoms. The second-order valence-electron chi connectivity index (χ2n) is 7.31. The highest BCUT2D eigenvalue weighted by atomic mass is 16.6. The van der Waals surface area contributed by atoms with Crippen molar-refractivity contribution in [3.05, 3.63) is 35.7 Å². The Morgan fingerprint density at radius 1 is 1.26 bits per heavy atom. The summed E-state index contributed by atoms with van der Waals surface area (Å²) in [6.07, 6.45) is 1.64. The Kier molecular flexibility index (Phi) is 4.29. The van der Waals surface area contributed by atoms with E-state index in [2.05, 4.69) is 15.5 Å². The summed E-state index contributed by atoms with van der Waals surface area (Å²) < 4.78 is 7.22. The standard InChI is InChI=1S/C18H22N6O3/c1-13-19-20-21-24(13)15-6-4-14(5-7-15)10-16(25)23-9-3-8-18(12-23)11-22(2)17(26)27-18/h4-7H,3,8-12H2,1-2H3/t18-/m0/s1. The number of piperidine rings is 1. The lowest BCUT2D eigenvalue weighted by atomic mass is 9.92. The molecule has 4 rings (SSSR count). The number of rotatable bonds is 3. The lowest BCUT2D eigenvalue weighted by Crippen LogP contribution is -2.52. The van der Waals surface area contributed by atoms with E-state index < -0.39 is 5.60 Å². The lowest BCUT2D eigenvalue weighted by Gasteiger charge is -2.38. The molecule has 1 aromatic carbocycles. The quantitative estimate of drug-likeness (QED) is 0.799. The molecule has 2 aliphatic heterocycles. The predicted octanol–water partition coefficient (Wildman–Crippen LogP) is 0.956. The largest absolute Gasteiger partial charge is 0.439 e. The second kappa shape index (κ2) is 6.64. The Hall–Kier alpha value is -2.97. The number of amides is 2. The zero-order valence-electron chi connectivity index (χ0n) is 15.5. The summed E-state index contributed by atoms with van der Waals surface area (Å²) in [6.45, 7) is 3.53. The zero-order chi connectivity index (χ0) is 19.0. The van der Waals surface area contributed by atoms with Crippen molar-refractivity contribution in [1.29, 1.82) is 0 Å². The molecule has 1 aromatic heterocycles. The summed E-state index contributed by atoms with van der Waals surface area (Å²) in [5, 5.41) is 11.4. The van der Waals surface area contributed by atoms with Crippen LogP contribution in [0.4, 0.5) is 4.79 Å². The van der Waals surface area contributed by atoms with E-state index in [1.807, 2.05) is 36.1 Å². The molecule has 2 amide bonds. The average molecular weight is 370 g/mol. The second-order valence-corrected chi connectivity index (χ2v) is 7.31. The van der Waals surface area contributed by atoms with Crippen LogP contribution in [0.1, 0.15) is 24.2 Å². The molecule has 27 heavy (non-hydrogen) atoms. The Labute approximate surface area is 156 Å². The van der Waals surface area contributed by atoms with Gasteiger partial charge in [-0.1, -0.05) is 12.1 Å². The van der Waals surface area contributed by atoms with Gasteiger partial charge >= 0.3 is 6.09 Å². The fraction of sp³-hybridized carbons (Fsp3) is 0.500. The number of carbonyl (C=O) groups is 2. The van der Waals surface area contributed by atoms with Gasteiger partial charge in [0.15, 0.2) is 5.82 Å². The molecule has 142 valence electrons. The summed E-state index contributed by atoms with van der Waals surface area (Å²) in [5.41, 5.74) is 1.22. The van der Waals surface area contributed by atoms with Gasteiger partial charge in [-0.3, -0.25) is 4.79 Å². The van der Waals surface area contributed by atoms with Gasteiger partial charge in [0.2, 0.25) is 5.91 Å². The van der Waals surface area contributed by atoms with Crippen LogP contribution in [0.25, 0.3) is 5.69 Å². The van der Waals surface area contributed by atoms with Crippen LogP contribution in [0.3, 0.4) is 0 Å². The third-order valence-corrected chi connectivity index (χ3v) is 5.19. The molecule has 1 spiro atoms. The first-order valence-corrected chi connectivity index (χ1v) is 9.02. The number of likely N-dealkylation sites (N-methyl/N-ethyl adjacent to an activating group) is 1. The van der Waals surface area contributed by atoms with E-state index in [1.54, 1.807) is 16.6 Å². The molecule has 1 atom stereocenters. The van der Waals surface area contributed by atoms with Gasteiger partial charge < -0.3 is 14.5 Å². The first-order chi connectivity index (χ1) is 13.0. The molecule has 0 saturated carbocycles. The molecule has 0 radical (unpaired) electrons. The van der Waals surface area contributed by atoms with E-state index in [0.29, 0.717) is 31.9 Å². The minimum absolute atomic E-state index is 0.0473. The van der Waals surface area contributed by atoms with Gasteiger partial charge in [0, 0.05) is 13.6 Å². The minimum Gasteiger partial charge on any atom is -0.439 e. The van der Waals surface area contributed by atoms with Crippen molar-refractivity contribution in [3.63, 3.8) is 0 Å². The van der Waals surface area contributed by atoms with E-state index in [4.69, 9.17) is 4.74 Å². The predicted molar refractivity (Wildman–Crippen MR) is 95.3 cm³/mol. The van der Waals surface area contributed by atoms with E-state index in [9.17, 15) is 9.59 Å². The molecule has 2 aromatic rings. The molecular weight excluding hydrogens is 348 g/mol. The summed E-state index contributed by atoms with van der Waals surface area (Å²) in [6, 6.07) is 7.63. The Morgan fingerprint density at radius 3 is 2.67 bits per heavy atom. The maximum atomic E-state index is 12.8. The number of aromatic nitrogens is 4. The number of aryl methyl sites for hydroxylation is 1. The van der Waals surface area contributed by atoms with Crippen LogP contribution in [-0.2, 0) is 16.0 Å². The van der Waals surface area contributed by atoms with Crippen LogP contribution in [0, 0.1) is 6.92 Å². The van der Waals surface area contributed by atoms with Crippen molar-refractivity contribution in [2.45, 2.75) is 31.8 Å². The SMILES string of the molecule is Cc1nnnn1-c1ccc(CC(=O)N2CCC[C@]3(CN(C)C(=O)O3)C2)cc1. The highest BCUT2D eigenvalue weighted by Gasteiger charge is 2.47. The first-order valence-electron chi connectivity index (χ1n) is 9.02. The van der Waals surface area contributed by atoms with Crippen LogP contribution in [-0.4, -0.2) is 74.3 Å². The summed E-state index contributed by atoms with van der Waals surface area (Å²) in [4.78, 5) is 27.9. The van der Waals surface area contributed by atoms with E-state index in [0.717, 1.165) is 24.1 Å². The third-order valence-electron chi connectivity index (χ3n) is 5.19. The highest BCUT2D eigenvalue weighted by Crippen LogP contribution is 2.31. The van der Waals surface area contributed by atoms with Gasteiger partial charge in [-0.15, -0.1) is 5.10 Å². The van der Waals surface area contributed by atoms with Crippen molar-refractivity contribution < 1.29 is 14.3 Å². The number of carbonyl (C=O) groups excluding carboxylic acids is 2. The number of hydrogen-bond acceptors (Lipinski definition) is 6. The van der Waals surface area contributed by atoms with E-state index in [-0.39, 0.29) is 12.0 Å². The number of benzene rings is 1. The van der Waals surface area contributed by atoms with Crippen LogP contribution >= 0.6 is 0 Å². The fourth-order valence-corrected chi connectivity index (χ4v) is 3.83. The van der Waals surface area contributed by atoms with Gasteiger partial charge in [-0.25, -0.2) is 4.79 Å². The fourth-order valence-electron chi connectivity index (χ4n) is 3.83. The molecule has 2 fully saturated rings. The molecule has 3 heterocycles. The van der Waals surface area contributed by atoms with E-state index >= 15 is 0 Å². The van der Waals surface area contributed by atoms with Crippen LogP contribution in [0.5, 0.6) is 0 Å². The molecule has 0 bridgehead atoms.